The number of carbonyl (C=O) groups excluding carboxylic acids is 1. The third-order valence-corrected chi connectivity index (χ3v) is 3.58. The molecule has 2 unspecified atom stereocenters. The highest BCUT2D eigenvalue weighted by Gasteiger charge is 2.23. The van der Waals surface area contributed by atoms with E-state index in [0.29, 0.717) is 13.2 Å². The van der Waals surface area contributed by atoms with Gasteiger partial charge in [0.15, 0.2) is 0 Å². The third kappa shape index (κ3) is 5.15. The van der Waals surface area contributed by atoms with Gasteiger partial charge in [-0.3, -0.25) is 4.79 Å². The average Bonchev–Trinajstić information content (AvgIpc) is 3.16. The van der Waals surface area contributed by atoms with Crippen molar-refractivity contribution >= 4 is 5.91 Å². The van der Waals surface area contributed by atoms with Gasteiger partial charge in [0.1, 0.15) is 12.4 Å². The molecule has 2 heterocycles. The molecule has 0 saturated carbocycles. The predicted molar refractivity (Wildman–Crippen MR) is 77.6 cm³/mol. The molecule has 1 amide bonds. The summed E-state index contributed by atoms with van der Waals surface area (Å²) in [6, 6.07) is 3.34. The zero-order valence-electron chi connectivity index (χ0n) is 12.5. The summed E-state index contributed by atoms with van der Waals surface area (Å²) in [6.45, 7) is 4.40. The average molecular weight is 296 g/mol. The minimum Gasteiger partial charge on any atom is -0.467 e. The molecule has 1 fully saturated rings. The van der Waals surface area contributed by atoms with Crippen LogP contribution in [0.3, 0.4) is 0 Å². The van der Waals surface area contributed by atoms with E-state index >= 15 is 0 Å². The Balaban J connectivity index is 1.59. The molecule has 0 aliphatic carbocycles. The summed E-state index contributed by atoms with van der Waals surface area (Å²) in [7, 11) is 0. The molecule has 6 nitrogen and oxygen atoms in total. The minimum absolute atomic E-state index is 0.108. The monoisotopic (exact) mass is 296 g/mol. The molecule has 21 heavy (non-hydrogen) atoms. The summed E-state index contributed by atoms with van der Waals surface area (Å²) in [5.41, 5.74) is 0. The number of aliphatic hydroxyl groups is 1. The number of nitrogens with zero attached hydrogens (tertiary/aromatic N) is 1. The van der Waals surface area contributed by atoms with Crippen LogP contribution in [0.2, 0.25) is 0 Å². The molecule has 2 rings (SSSR count). The van der Waals surface area contributed by atoms with Crippen LogP contribution in [0.15, 0.2) is 22.8 Å². The van der Waals surface area contributed by atoms with Crippen molar-refractivity contribution < 1.29 is 19.1 Å². The summed E-state index contributed by atoms with van der Waals surface area (Å²) in [4.78, 5) is 13.9. The van der Waals surface area contributed by atoms with Crippen molar-refractivity contribution in [3.8, 4) is 0 Å². The lowest BCUT2D eigenvalue weighted by molar-refractivity contribution is -0.132. The van der Waals surface area contributed by atoms with E-state index in [2.05, 4.69) is 5.32 Å². The first-order valence-corrected chi connectivity index (χ1v) is 7.47. The van der Waals surface area contributed by atoms with Gasteiger partial charge in [-0.25, -0.2) is 0 Å². The Hall–Kier alpha value is -1.37. The Morgan fingerprint density at radius 1 is 1.52 bits per heavy atom. The Bertz CT molecular complexity index is 415. The first kappa shape index (κ1) is 16.0. The highest BCUT2D eigenvalue weighted by molar-refractivity contribution is 5.81. The molecule has 6 heteroatoms. The third-order valence-electron chi connectivity index (χ3n) is 3.58. The van der Waals surface area contributed by atoms with Crippen LogP contribution in [-0.4, -0.2) is 54.3 Å². The smallest absolute Gasteiger partial charge is 0.239 e. The van der Waals surface area contributed by atoms with Gasteiger partial charge in [-0.2, -0.15) is 0 Å². The zero-order chi connectivity index (χ0) is 15.1. The number of carbonyl (C=O) groups is 1. The van der Waals surface area contributed by atoms with Crippen LogP contribution < -0.4 is 5.32 Å². The maximum atomic E-state index is 12.1. The number of furan rings is 1. The van der Waals surface area contributed by atoms with E-state index in [4.69, 9.17) is 9.15 Å². The zero-order valence-corrected chi connectivity index (χ0v) is 12.5. The molecule has 118 valence electrons. The molecule has 1 saturated heterocycles. The summed E-state index contributed by atoms with van der Waals surface area (Å²) in [6.07, 6.45) is 3.11. The normalized spacial score (nSPS) is 17.9. The van der Waals surface area contributed by atoms with Gasteiger partial charge in [0.05, 0.1) is 25.0 Å². The van der Waals surface area contributed by atoms with Gasteiger partial charge >= 0.3 is 0 Å². The molecule has 0 spiro atoms. The molecule has 1 aromatic heterocycles. The standard InChI is InChI=1S/C15H24N2O4/c1-12(15(19)17-6-2-3-7-17)16-9-13(18)10-20-11-14-5-4-8-21-14/h4-5,8,12-13,16,18H,2-3,6-7,9-11H2,1H3. The second-order valence-electron chi connectivity index (χ2n) is 5.41. The van der Waals surface area contributed by atoms with Gasteiger partial charge in [0, 0.05) is 19.6 Å². The highest BCUT2D eigenvalue weighted by Crippen LogP contribution is 2.09. The van der Waals surface area contributed by atoms with E-state index in [1.807, 2.05) is 17.9 Å². The van der Waals surface area contributed by atoms with Crippen LogP contribution >= 0.6 is 0 Å². The van der Waals surface area contributed by atoms with Gasteiger partial charge in [0.25, 0.3) is 0 Å². The van der Waals surface area contributed by atoms with Crippen molar-refractivity contribution in [2.24, 2.45) is 0 Å². The first-order chi connectivity index (χ1) is 10.2. The summed E-state index contributed by atoms with van der Waals surface area (Å²) < 4.78 is 10.5. The molecular weight excluding hydrogens is 272 g/mol. The van der Waals surface area contributed by atoms with Crippen molar-refractivity contribution in [3.63, 3.8) is 0 Å². The Morgan fingerprint density at radius 3 is 2.95 bits per heavy atom. The number of nitrogens with one attached hydrogen (secondary N) is 1. The lowest BCUT2D eigenvalue weighted by atomic mass is 10.2. The van der Waals surface area contributed by atoms with Crippen LogP contribution in [0.5, 0.6) is 0 Å². The number of hydrogen-bond donors (Lipinski definition) is 2. The second kappa shape index (κ2) is 8.17. The fourth-order valence-corrected chi connectivity index (χ4v) is 2.36. The number of aliphatic hydroxyl groups excluding tert-OH is 1. The topological polar surface area (TPSA) is 74.9 Å². The molecule has 1 aromatic rings. The molecule has 1 aliphatic rings. The van der Waals surface area contributed by atoms with Gasteiger partial charge in [-0.05, 0) is 31.9 Å². The van der Waals surface area contributed by atoms with Gasteiger partial charge < -0.3 is 24.5 Å². The fraction of sp³-hybridized carbons (Fsp3) is 0.667. The van der Waals surface area contributed by atoms with E-state index in [1.54, 1.807) is 12.3 Å². The maximum absolute atomic E-state index is 12.1. The minimum atomic E-state index is -0.645. The van der Waals surface area contributed by atoms with Crippen LogP contribution in [-0.2, 0) is 16.1 Å². The van der Waals surface area contributed by atoms with Crippen molar-refractivity contribution in [1.82, 2.24) is 10.2 Å². The lowest BCUT2D eigenvalue weighted by Crippen LogP contribution is -2.46. The molecular formula is C15H24N2O4. The largest absolute Gasteiger partial charge is 0.467 e. The molecule has 1 aliphatic heterocycles. The van der Waals surface area contributed by atoms with Crippen LogP contribution in [0.1, 0.15) is 25.5 Å². The molecule has 2 N–H and O–H groups in total. The number of hydrogen-bond acceptors (Lipinski definition) is 5. The number of amides is 1. The van der Waals surface area contributed by atoms with Gasteiger partial charge in [-0.1, -0.05) is 0 Å². The van der Waals surface area contributed by atoms with Crippen LogP contribution in [0, 0.1) is 0 Å². The predicted octanol–water partition coefficient (Wildman–Crippen LogP) is 0.758. The van der Waals surface area contributed by atoms with E-state index in [1.165, 1.54) is 0 Å². The van der Waals surface area contributed by atoms with E-state index in [-0.39, 0.29) is 18.6 Å². The Morgan fingerprint density at radius 2 is 2.29 bits per heavy atom. The van der Waals surface area contributed by atoms with Gasteiger partial charge in [-0.15, -0.1) is 0 Å². The molecule has 2 atom stereocenters. The van der Waals surface area contributed by atoms with Crippen LogP contribution in [0.25, 0.3) is 0 Å². The Kier molecular flexibility index (Phi) is 6.22. The lowest BCUT2D eigenvalue weighted by Gasteiger charge is -2.22. The molecule has 0 aromatic carbocycles. The molecule has 0 bridgehead atoms. The van der Waals surface area contributed by atoms with Crippen molar-refractivity contribution in [1.29, 1.82) is 0 Å². The van der Waals surface area contributed by atoms with Crippen molar-refractivity contribution in [3.05, 3.63) is 24.2 Å². The van der Waals surface area contributed by atoms with Gasteiger partial charge in [0.2, 0.25) is 5.91 Å². The quantitative estimate of drug-likeness (QED) is 0.741. The number of ether oxygens (including phenoxy) is 1. The summed E-state index contributed by atoms with van der Waals surface area (Å²) in [5, 5.41) is 12.9. The SMILES string of the molecule is CC(NCC(O)COCc1ccco1)C(=O)N1CCCC1. The van der Waals surface area contributed by atoms with E-state index in [0.717, 1.165) is 31.7 Å². The Labute approximate surface area is 125 Å². The number of rotatable bonds is 8. The molecule has 0 radical (unpaired) electrons. The van der Waals surface area contributed by atoms with E-state index in [9.17, 15) is 9.90 Å². The maximum Gasteiger partial charge on any atom is 0.239 e. The van der Waals surface area contributed by atoms with Crippen LogP contribution in [0.4, 0.5) is 0 Å². The highest BCUT2D eigenvalue weighted by atomic mass is 16.5. The van der Waals surface area contributed by atoms with E-state index < -0.39 is 6.10 Å². The van der Waals surface area contributed by atoms with Crippen molar-refractivity contribution in [2.45, 2.75) is 38.5 Å². The summed E-state index contributed by atoms with van der Waals surface area (Å²) in [5.74, 6) is 0.837. The fourth-order valence-electron chi connectivity index (χ4n) is 2.36. The van der Waals surface area contributed by atoms with Crippen molar-refractivity contribution in [2.75, 3.05) is 26.2 Å². The summed E-state index contributed by atoms with van der Waals surface area (Å²) >= 11 is 0. The first-order valence-electron chi connectivity index (χ1n) is 7.47. The second-order valence-corrected chi connectivity index (χ2v) is 5.41. The number of likely N-dealkylation sites (tertiary alicyclic amines) is 1.